The van der Waals surface area contributed by atoms with Crippen LogP contribution in [0.5, 0.6) is 0 Å². The molecule has 0 aromatic heterocycles. The fourth-order valence-corrected chi connectivity index (χ4v) is 1.21. The van der Waals surface area contributed by atoms with Gasteiger partial charge < -0.3 is 4.90 Å². The summed E-state index contributed by atoms with van der Waals surface area (Å²) in [7, 11) is 0. The fraction of sp³-hybridized carbons (Fsp3) is 0.500. The SMILES string of the molecule is CCN(CC)CC.[Li][c]1ccccc1. The summed E-state index contributed by atoms with van der Waals surface area (Å²) in [5.74, 6) is 0. The predicted molar refractivity (Wildman–Crippen MR) is 65.3 cm³/mol. The maximum atomic E-state index is 2.38. The van der Waals surface area contributed by atoms with Gasteiger partial charge in [-0.05, 0) is 19.6 Å². The molecule has 0 radical (unpaired) electrons. The fourth-order valence-electron chi connectivity index (χ4n) is 1.21. The van der Waals surface area contributed by atoms with E-state index < -0.39 is 0 Å². The maximum absolute atomic E-state index is 2.38. The van der Waals surface area contributed by atoms with Crippen molar-refractivity contribution in [3.8, 4) is 0 Å². The van der Waals surface area contributed by atoms with Crippen LogP contribution in [0.2, 0.25) is 0 Å². The molecule has 14 heavy (non-hydrogen) atoms. The summed E-state index contributed by atoms with van der Waals surface area (Å²) in [4.78, 5) is 2.38. The van der Waals surface area contributed by atoms with Crippen LogP contribution in [0.25, 0.3) is 0 Å². The third-order valence-electron chi connectivity index (χ3n) is 2.28. The molecule has 0 aliphatic carbocycles. The normalized spacial score (nSPS) is 9.57. The van der Waals surface area contributed by atoms with Gasteiger partial charge in [0.05, 0.1) is 0 Å². The van der Waals surface area contributed by atoms with Gasteiger partial charge in [0.2, 0.25) is 0 Å². The monoisotopic (exact) mass is 185 g/mol. The number of hydrogen-bond acceptors (Lipinski definition) is 1. The summed E-state index contributed by atoms with van der Waals surface area (Å²) in [6.07, 6.45) is 0. The molecule has 0 spiro atoms. The Balaban J connectivity index is 0.000000241. The van der Waals surface area contributed by atoms with E-state index in [4.69, 9.17) is 0 Å². The van der Waals surface area contributed by atoms with Crippen LogP contribution < -0.4 is 4.24 Å². The molecule has 0 N–H and O–H groups in total. The van der Waals surface area contributed by atoms with Crippen LogP contribution in [0.3, 0.4) is 0 Å². The molecule has 0 aliphatic heterocycles. The third kappa shape index (κ3) is 7.21. The van der Waals surface area contributed by atoms with E-state index in [0.29, 0.717) is 0 Å². The van der Waals surface area contributed by atoms with E-state index >= 15 is 0 Å². The first-order valence-electron chi connectivity index (χ1n) is 5.48. The van der Waals surface area contributed by atoms with E-state index in [1.807, 2.05) is 18.2 Å². The first kappa shape index (κ1) is 13.8. The molecule has 0 heterocycles. The summed E-state index contributed by atoms with van der Waals surface area (Å²) in [5, 5.41) is 0. The van der Waals surface area contributed by atoms with Crippen molar-refractivity contribution in [3.63, 3.8) is 0 Å². The van der Waals surface area contributed by atoms with E-state index in [-0.39, 0.29) is 0 Å². The van der Waals surface area contributed by atoms with E-state index in [9.17, 15) is 0 Å². The van der Waals surface area contributed by atoms with Crippen LogP contribution in [-0.2, 0) is 0 Å². The zero-order valence-electron chi connectivity index (χ0n) is 9.96. The zero-order chi connectivity index (χ0) is 10.8. The van der Waals surface area contributed by atoms with Crippen LogP contribution in [0.4, 0.5) is 0 Å². The number of hydrogen-bond donors (Lipinski definition) is 0. The van der Waals surface area contributed by atoms with E-state index in [2.05, 4.69) is 55.5 Å². The van der Waals surface area contributed by atoms with Crippen LogP contribution in [0, 0.1) is 0 Å². The van der Waals surface area contributed by atoms with E-state index in [1.165, 1.54) is 23.9 Å². The van der Waals surface area contributed by atoms with Crippen molar-refractivity contribution in [2.75, 3.05) is 19.6 Å². The van der Waals surface area contributed by atoms with Crippen molar-refractivity contribution in [1.29, 1.82) is 0 Å². The zero-order valence-corrected chi connectivity index (χ0v) is 9.96. The molecular weight excluding hydrogens is 165 g/mol. The minimum absolute atomic E-state index is 1.19. The molecule has 0 saturated carbocycles. The van der Waals surface area contributed by atoms with Gasteiger partial charge in [-0.1, -0.05) is 20.8 Å². The molecule has 0 amide bonds. The molecular formula is C12H20LiN. The van der Waals surface area contributed by atoms with Gasteiger partial charge in [-0.25, -0.2) is 0 Å². The number of rotatable bonds is 3. The summed E-state index contributed by atoms with van der Waals surface area (Å²) >= 11 is 2.08. The van der Waals surface area contributed by atoms with Crippen LogP contribution in [-0.4, -0.2) is 42.2 Å². The molecule has 0 aliphatic rings. The Labute approximate surface area is 97.7 Å². The van der Waals surface area contributed by atoms with E-state index in [1.54, 1.807) is 0 Å². The van der Waals surface area contributed by atoms with Crippen molar-refractivity contribution in [1.82, 2.24) is 4.90 Å². The summed E-state index contributed by atoms with van der Waals surface area (Å²) in [6.45, 7) is 10.1. The van der Waals surface area contributed by atoms with Crippen LogP contribution >= 0.6 is 0 Å². The van der Waals surface area contributed by atoms with Gasteiger partial charge in [-0.15, -0.1) is 0 Å². The Bertz CT molecular complexity index is 201. The average molecular weight is 185 g/mol. The molecule has 1 rings (SSSR count). The molecule has 0 fully saturated rings. The first-order chi connectivity index (χ1) is 6.74. The molecule has 1 aromatic rings. The van der Waals surface area contributed by atoms with Crippen molar-refractivity contribution in [3.05, 3.63) is 30.3 Å². The second-order valence-electron chi connectivity index (χ2n) is 3.27. The molecule has 1 nitrogen and oxygen atoms in total. The van der Waals surface area contributed by atoms with Crippen LogP contribution in [0.15, 0.2) is 30.3 Å². The van der Waals surface area contributed by atoms with Crippen molar-refractivity contribution < 1.29 is 0 Å². The summed E-state index contributed by atoms with van der Waals surface area (Å²) < 4.78 is 1.32. The minimum atomic E-state index is 1.19. The van der Waals surface area contributed by atoms with Crippen molar-refractivity contribution >= 4 is 22.0 Å². The standard InChI is InChI=1S/C6H15N.C6H5.Li/c1-4-7(5-2)6-3;1-2-4-6-5-3-1;/h4-6H2,1-3H3;1-5H;. The molecule has 0 atom stereocenters. The van der Waals surface area contributed by atoms with Crippen molar-refractivity contribution in [2.45, 2.75) is 20.8 Å². The molecule has 74 valence electrons. The predicted octanol–water partition coefficient (Wildman–Crippen LogP) is 1.83. The number of benzene rings is 1. The van der Waals surface area contributed by atoms with Gasteiger partial charge in [0.25, 0.3) is 0 Å². The topological polar surface area (TPSA) is 3.24 Å². The molecule has 0 unspecified atom stereocenters. The van der Waals surface area contributed by atoms with Crippen LogP contribution in [0.1, 0.15) is 20.8 Å². The second-order valence-corrected chi connectivity index (χ2v) is 3.27. The Morgan fingerprint density at radius 3 is 1.50 bits per heavy atom. The molecule has 2 heteroatoms. The average Bonchev–Trinajstić information content (AvgIpc) is 2.22. The van der Waals surface area contributed by atoms with Crippen molar-refractivity contribution in [2.24, 2.45) is 0 Å². The first-order valence-corrected chi connectivity index (χ1v) is 5.48. The Morgan fingerprint density at radius 1 is 0.929 bits per heavy atom. The van der Waals surface area contributed by atoms with Gasteiger partial charge in [0.15, 0.2) is 0 Å². The summed E-state index contributed by atoms with van der Waals surface area (Å²) in [6, 6.07) is 10.3. The second kappa shape index (κ2) is 9.34. The van der Waals surface area contributed by atoms with Gasteiger partial charge in [0, 0.05) is 0 Å². The Morgan fingerprint density at radius 2 is 1.36 bits per heavy atom. The van der Waals surface area contributed by atoms with Gasteiger partial charge in [0.1, 0.15) is 0 Å². The Kier molecular flexibility index (Phi) is 9.19. The summed E-state index contributed by atoms with van der Waals surface area (Å²) in [5.41, 5.74) is 0. The Hall–Kier alpha value is -0.223. The third-order valence-corrected chi connectivity index (χ3v) is 2.28. The molecule has 0 saturated heterocycles. The van der Waals surface area contributed by atoms with Gasteiger partial charge >= 0.3 is 52.3 Å². The number of nitrogens with zero attached hydrogens (tertiary/aromatic N) is 1. The van der Waals surface area contributed by atoms with E-state index in [0.717, 1.165) is 0 Å². The molecule has 1 aromatic carbocycles. The quantitative estimate of drug-likeness (QED) is 0.649. The molecule has 0 bridgehead atoms. The van der Waals surface area contributed by atoms with Gasteiger partial charge in [-0.2, -0.15) is 0 Å². The van der Waals surface area contributed by atoms with Gasteiger partial charge in [-0.3, -0.25) is 0 Å².